The second kappa shape index (κ2) is 10.0. The molecule has 3 aromatic rings. The van der Waals surface area contributed by atoms with Gasteiger partial charge < -0.3 is 19.5 Å². The molecule has 0 radical (unpaired) electrons. The zero-order valence-corrected chi connectivity index (χ0v) is 21.7. The molecule has 2 aliphatic rings. The molecule has 2 atom stereocenters. The van der Waals surface area contributed by atoms with Gasteiger partial charge in [0.25, 0.3) is 11.8 Å². The number of carbonyl (C=O) groups is 4. The van der Waals surface area contributed by atoms with Crippen molar-refractivity contribution in [1.82, 2.24) is 19.7 Å². The van der Waals surface area contributed by atoms with Gasteiger partial charge in [-0.05, 0) is 57.5 Å². The Morgan fingerprint density at radius 2 is 1.79 bits per heavy atom. The molecule has 0 saturated carbocycles. The van der Waals surface area contributed by atoms with Crippen LogP contribution in [0.15, 0.2) is 48.7 Å². The quantitative estimate of drug-likeness (QED) is 0.356. The number of ether oxygens (including phenoxy) is 2. The van der Waals surface area contributed by atoms with Crippen LogP contribution in [0.5, 0.6) is 5.75 Å². The molecule has 3 amide bonds. The molecule has 12 heteroatoms. The number of amides is 3. The molecule has 1 N–H and O–H groups in total. The first-order valence-corrected chi connectivity index (χ1v) is 12.5. The van der Waals surface area contributed by atoms with Crippen LogP contribution in [0.25, 0.3) is 10.9 Å². The monoisotopic (exact) mass is 536 g/mol. The van der Waals surface area contributed by atoms with Crippen molar-refractivity contribution in [2.75, 3.05) is 19.7 Å². The second-order valence-corrected chi connectivity index (χ2v) is 10.4. The Hall–Kier alpha value is -4.45. The smallest absolute Gasteiger partial charge is 0.407 e. The van der Waals surface area contributed by atoms with E-state index >= 15 is 0 Å². The summed E-state index contributed by atoms with van der Waals surface area (Å²) in [7, 11) is 0. The van der Waals surface area contributed by atoms with Gasteiger partial charge >= 0.3 is 12.1 Å². The van der Waals surface area contributed by atoms with Crippen molar-refractivity contribution in [2.45, 2.75) is 44.9 Å². The van der Waals surface area contributed by atoms with Gasteiger partial charge in [-0.2, -0.15) is 5.10 Å². The molecule has 12 nitrogen and oxygen atoms in total. The highest BCUT2D eigenvalue weighted by molar-refractivity contribution is 6.20. The Morgan fingerprint density at radius 3 is 2.41 bits per heavy atom. The molecule has 0 bridgehead atoms. The summed E-state index contributed by atoms with van der Waals surface area (Å²) in [6.07, 6.45) is 0.119. The van der Waals surface area contributed by atoms with Crippen LogP contribution < -0.4 is 4.74 Å². The average Bonchev–Trinajstić information content (AvgIpc) is 3.59. The minimum Gasteiger partial charge on any atom is -0.490 e. The van der Waals surface area contributed by atoms with Gasteiger partial charge in [-0.15, -0.1) is 5.06 Å². The molecule has 2 aromatic carbocycles. The number of carbonyl (C=O) groups excluding carboxylic acids is 3. The molecule has 1 fully saturated rings. The number of aromatic nitrogens is 2. The number of fused-ring (bicyclic) bond motifs is 2. The Kier molecular flexibility index (Phi) is 6.73. The number of hydrogen-bond acceptors (Lipinski definition) is 8. The van der Waals surface area contributed by atoms with Gasteiger partial charge in [-0.3, -0.25) is 14.3 Å². The molecule has 1 aromatic heterocycles. The largest absolute Gasteiger partial charge is 0.490 e. The number of nitrogens with zero attached hydrogens (tertiary/aromatic N) is 4. The lowest BCUT2D eigenvalue weighted by molar-refractivity contribution is -0.193. The molecular formula is C27H28N4O8. The highest BCUT2D eigenvalue weighted by Crippen LogP contribution is 2.27. The SMILES string of the molecule is CC(C)(C)OC(=O)[C@H](COc1ccc2nn([C@@H]3CCN(C(=O)O)C3)cc2c1)ON1C(=O)c2ccccc2C1=O. The van der Waals surface area contributed by atoms with Crippen molar-refractivity contribution >= 4 is 34.8 Å². The van der Waals surface area contributed by atoms with E-state index in [4.69, 9.17) is 14.3 Å². The molecule has 1 saturated heterocycles. The van der Waals surface area contributed by atoms with Gasteiger partial charge in [0.2, 0.25) is 6.10 Å². The molecule has 39 heavy (non-hydrogen) atoms. The van der Waals surface area contributed by atoms with E-state index in [0.717, 1.165) is 5.39 Å². The van der Waals surface area contributed by atoms with Crippen LogP contribution in [0, 0.1) is 0 Å². The van der Waals surface area contributed by atoms with Crippen LogP contribution >= 0.6 is 0 Å². The molecular weight excluding hydrogens is 508 g/mol. The lowest BCUT2D eigenvalue weighted by Crippen LogP contribution is -2.43. The molecule has 204 valence electrons. The summed E-state index contributed by atoms with van der Waals surface area (Å²) in [6.45, 7) is 5.55. The lowest BCUT2D eigenvalue weighted by Gasteiger charge is -2.26. The zero-order valence-electron chi connectivity index (χ0n) is 21.7. The normalized spacial score (nSPS) is 18.0. The number of imide groups is 1. The van der Waals surface area contributed by atoms with Crippen molar-refractivity contribution in [2.24, 2.45) is 0 Å². The van der Waals surface area contributed by atoms with E-state index in [1.54, 1.807) is 55.8 Å². The summed E-state index contributed by atoms with van der Waals surface area (Å²) in [6, 6.07) is 11.4. The van der Waals surface area contributed by atoms with Crippen molar-refractivity contribution in [3.8, 4) is 5.75 Å². The summed E-state index contributed by atoms with van der Waals surface area (Å²) in [5.41, 5.74) is 0.220. The maximum atomic E-state index is 13.0. The van der Waals surface area contributed by atoms with Crippen molar-refractivity contribution < 1.29 is 38.6 Å². The Bertz CT molecular complexity index is 1420. The second-order valence-electron chi connectivity index (χ2n) is 10.4. The Balaban J connectivity index is 1.31. The Morgan fingerprint density at radius 1 is 1.10 bits per heavy atom. The fourth-order valence-electron chi connectivity index (χ4n) is 4.50. The number of carboxylic acid groups (broad SMARTS) is 1. The molecule has 0 aliphatic carbocycles. The standard InChI is InChI=1S/C27H28N4O8/c1-27(2,3)38-25(34)22(39-31-23(32)19-6-4-5-7-20(19)24(31)33)15-37-18-8-9-21-16(12-18)13-30(28-21)17-10-11-29(14-17)26(35)36/h4-9,12-13,17,22H,10-11,14-15H2,1-3H3,(H,35,36)/t17-,22+/m1/s1. The fourth-order valence-corrected chi connectivity index (χ4v) is 4.50. The van der Waals surface area contributed by atoms with Gasteiger partial charge in [0.15, 0.2) is 0 Å². The predicted molar refractivity (Wildman–Crippen MR) is 136 cm³/mol. The third kappa shape index (κ3) is 5.41. The highest BCUT2D eigenvalue weighted by Gasteiger charge is 2.40. The maximum absolute atomic E-state index is 13.0. The number of rotatable bonds is 7. The van der Waals surface area contributed by atoms with Crippen molar-refractivity contribution in [3.05, 3.63) is 59.8 Å². The number of esters is 1. The number of likely N-dealkylation sites (tertiary alicyclic amines) is 1. The summed E-state index contributed by atoms with van der Waals surface area (Å²) < 4.78 is 13.1. The van der Waals surface area contributed by atoms with E-state index in [9.17, 15) is 24.3 Å². The van der Waals surface area contributed by atoms with Crippen LogP contribution in [0.4, 0.5) is 4.79 Å². The minimum absolute atomic E-state index is 0.0672. The topological polar surface area (TPSA) is 140 Å². The van der Waals surface area contributed by atoms with Crippen LogP contribution in [0.3, 0.4) is 0 Å². The molecule has 3 heterocycles. The Labute approximate surface area is 223 Å². The van der Waals surface area contributed by atoms with Gasteiger partial charge in [0, 0.05) is 24.7 Å². The van der Waals surface area contributed by atoms with Gasteiger partial charge in [-0.1, -0.05) is 12.1 Å². The lowest BCUT2D eigenvalue weighted by atomic mass is 10.1. The first-order chi connectivity index (χ1) is 18.5. The third-order valence-corrected chi connectivity index (χ3v) is 6.36. The van der Waals surface area contributed by atoms with E-state index in [2.05, 4.69) is 5.10 Å². The summed E-state index contributed by atoms with van der Waals surface area (Å²) in [5, 5.41) is 15.1. The third-order valence-electron chi connectivity index (χ3n) is 6.36. The summed E-state index contributed by atoms with van der Waals surface area (Å²) >= 11 is 0. The summed E-state index contributed by atoms with van der Waals surface area (Å²) in [5.74, 6) is -1.74. The van der Waals surface area contributed by atoms with Gasteiger partial charge in [0.1, 0.15) is 18.0 Å². The first-order valence-electron chi connectivity index (χ1n) is 12.5. The average molecular weight is 537 g/mol. The number of benzene rings is 2. The molecule has 0 spiro atoms. The van der Waals surface area contributed by atoms with E-state index < -0.39 is 35.6 Å². The summed E-state index contributed by atoms with van der Waals surface area (Å²) in [4.78, 5) is 56.7. The predicted octanol–water partition coefficient (Wildman–Crippen LogP) is 3.28. The maximum Gasteiger partial charge on any atom is 0.407 e. The molecule has 0 unspecified atom stereocenters. The van der Waals surface area contributed by atoms with Crippen LogP contribution in [0.1, 0.15) is 53.9 Å². The van der Waals surface area contributed by atoms with E-state index in [0.29, 0.717) is 35.8 Å². The first kappa shape index (κ1) is 26.2. The minimum atomic E-state index is -1.41. The number of hydrogen-bond donors (Lipinski definition) is 1. The van der Waals surface area contributed by atoms with Crippen molar-refractivity contribution in [1.29, 1.82) is 0 Å². The highest BCUT2D eigenvalue weighted by atomic mass is 16.7. The van der Waals surface area contributed by atoms with Crippen LogP contribution in [0.2, 0.25) is 0 Å². The number of hydroxylamine groups is 2. The van der Waals surface area contributed by atoms with Crippen LogP contribution in [-0.2, 0) is 14.4 Å². The van der Waals surface area contributed by atoms with E-state index in [1.165, 1.54) is 17.0 Å². The van der Waals surface area contributed by atoms with Gasteiger partial charge in [0.05, 0.1) is 22.7 Å². The van der Waals surface area contributed by atoms with Crippen LogP contribution in [-0.4, -0.2) is 80.1 Å². The van der Waals surface area contributed by atoms with Gasteiger partial charge in [-0.25, -0.2) is 14.4 Å². The van der Waals surface area contributed by atoms with E-state index in [1.807, 2.05) is 6.20 Å². The fraction of sp³-hybridized carbons (Fsp3) is 0.370. The zero-order chi connectivity index (χ0) is 27.9. The molecule has 5 rings (SSSR count). The van der Waals surface area contributed by atoms with Crippen molar-refractivity contribution in [3.63, 3.8) is 0 Å². The van der Waals surface area contributed by atoms with E-state index in [-0.39, 0.29) is 23.8 Å². The molecule has 2 aliphatic heterocycles.